The Hall–Kier alpha value is -2.09. The Kier molecular flexibility index (Phi) is 4.70. The highest BCUT2D eigenvalue weighted by Crippen LogP contribution is 2.21. The van der Waals surface area contributed by atoms with E-state index in [1.807, 2.05) is 26.8 Å². The highest BCUT2D eigenvalue weighted by molar-refractivity contribution is 5.96. The monoisotopic (exact) mass is 295 g/mol. The lowest BCUT2D eigenvalue weighted by Gasteiger charge is -2.18. The van der Waals surface area contributed by atoms with Crippen molar-refractivity contribution in [3.63, 3.8) is 0 Å². The van der Waals surface area contributed by atoms with Gasteiger partial charge in [0.25, 0.3) is 5.91 Å². The van der Waals surface area contributed by atoms with Crippen LogP contribution in [0.25, 0.3) is 0 Å². The Morgan fingerprint density at radius 3 is 2.18 bits per heavy atom. The van der Waals surface area contributed by atoms with Gasteiger partial charge in [0.05, 0.1) is 6.04 Å². The number of rotatable bonds is 3. The number of amides is 1. The third-order valence-electron chi connectivity index (χ3n) is 4.33. The van der Waals surface area contributed by atoms with Gasteiger partial charge in [-0.3, -0.25) is 4.79 Å². The van der Waals surface area contributed by atoms with E-state index in [0.717, 1.165) is 16.7 Å². The van der Waals surface area contributed by atoms with Gasteiger partial charge in [-0.25, -0.2) is 0 Å². The molecule has 0 radical (unpaired) electrons. The fourth-order valence-corrected chi connectivity index (χ4v) is 2.78. The molecular formula is C20H25NO. The molecule has 2 rings (SSSR count). The molecule has 1 N–H and O–H groups in total. The van der Waals surface area contributed by atoms with Crippen LogP contribution < -0.4 is 5.32 Å². The van der Waals surface area contributed by atoms with Gasteiger partial charge in [-0.1, -0.05) is 29.8 Å². The second kappa shape index (κ2) is 6.35. The molecule has 0 bridgehead atoms. The molecule has 0 spiro atoms. The van der Waals surface area contributed by atoms with Crippen molar-refractivity contribution in [3.05, 3.63) is 69.3 Å². The highest BCUT2D eigenvalue weighted by Gasteiger charge is 2.15. The van der Waals surface area contributed by atoms with Crippen LogP contribution in [-0.2, 0) is 0 Å². The predicted molar refractivity (Wildman–Crippen MR) is 92.5 cm³/mol. The Labute approximate surface area is 133 Å². The molecule has 1 amide bonds. The molecule has 0 saturated carbocycles. The molecule has 0 heterocycles. The number of aryl methyl sites for hydroxylation is 5. The summed E-state index contributed by atoms with van der Waals surface area (Å²) in [6.07, 6.45) is 0. The van der Waals surface area contributed by atoms with Crippen molar-refractivity contribution in [2.45, 2.75) is 47.6 Å². The van der Waals surface area contributed by atoms with Gasteiger partial charge in [0.2, 0.25) is 0 Å². The van der Waals surface area contributed by atoms with Crippen molar-refractivity contribution in [2.24, 2.45) is 0 Å². The standard InChI is InChI=1S/C20H25NO/c1-12-7-8-13(2)18(9-12)17(6)21-20(22)19-11-15(4)14(3)10-16(19)5/h7-11,17H,1-6H3,(H,21,22). The van der Waals surface area contributed by atoms with Crippen molar-refractivity contribution in [2.75, 3.05) is 0 Å². The molecule has 0 aliphatic carbocycles. The highest BCUT2D eigenvalue weighted by atomic mass is 16.1. The summed E-state index contributed by atoms with van der Waals surface area (Å²) in [5.74, 6) is -0.00555. The van der Waals surface area contributed by atoms with Crippen molar-refractivity contribution in [1.82, 2.24) is 5.32 Å². The summed E-state index contributed by atoms with van der Waals surface area (Å²) in [5.41, 5.74) is 7.75. The van der Waals surface area contributed by atoms with Gasteiger partial charge in [-0.05, 0) is 75.4 Å². The number of nitrogens with one attached hydrogen (secondary N) is 1. The smallest absolute Gasteiger partial charge is 0.252 e. The molecule has 1 atom stereocenters. The third-order valence-corrected chi connectivity index (χ3v) is 4.33. The number of benzene rings is 2. The molecule has 2 nitrogen and oxygen atoms in total. The normalized spacial score (nSPS) is 12.1. The first-order valence-electron chi connectivity index (χ1n) is 7.75. The van der Waals surface area contributed by atoms with E-state index in [0.29, 0.717) is 0 Å². The van der Waals surface area contributed by atoms with Crippen LogP contribution >= 0.6 is 0 Å². The second-order valence-electron chi connectivity index (χ2n) is 6.31. The lowest BCUT2D eigenvalue weighted by molar-refractivity contribution is 0.0939. The van der Waals surface area contributed by atoms with Crippen LogP contribution in [0.5, 0.6) is 0 Å². The average Bonchev–Trinajstić information content (AvgIpc) is 2.45. The number of carbonyl (C=O) groups is 1. The van der Waals surface area contributed by atoms with E-state index in [-0.39, 0.29) is 11.9 Å². The first-order valence-corrected chi connectivity index (χ1v) is 7.75. The maximum Gasteiger partial charge on any atom is 0.252 e. The average molecular weight is 295 g/mol. The summed E-state index contributed by atoms with van der Waals surface area (Å²) < 4.78 is 0. The zero-order valence-electron chi connectivity index (χ0n) is 14.4. The predicted octanol–water partition coefficient (Wildman–Crippen LogP) is 4.72. The van der Waals surface area contributed by atoms with Crippen molar-refractivity contribution < 1.29 is 4.79 Å². The van der Waals surface area contributed by atoms with E-state index in [4.69, 9.17) is 0 Å². The molecule has 2 aromatic carbocycles. The van der Waals surface area contributed by atoms with E-state index in [9.17, 15) is 4.79 Å². The van der Waals surface area contributed by atoms with Crippen LogP contribution in [0.1, 0.15) is 56.7 Å². The van der Waals surface area contributed by atoms with Crippen LogP contribution in [0, 0.1) is 34.6 Å². The van der Waals surface area contributed by atoms with Crippen LogP contribution in [0.2, 0.25) is 0 Å². The quantitative estimate of drug-likeness (QED) is 0.872. The summed E-state index contributed by atoms with van der Waals surface area (Å²) in [4.78, 5) is 12.6. The molecule has 0 aliphatic heterocycles. The Balaban J connectivity index is 2.25. The van der Waals surface area contributed by atoms with Crippen molar-refractivity contribution >= 4 is 5.91 Å². The van der Waals surface area contributed by atoms with Gasteiger partial charge in [0.1, 0.15) is 0 Å². The molecular weight excluding hydrogens is 270 g/mol. The van der Waals surface area contributed by atoms with Gasteiger partial charge < -0.3 is 5.32 Å². The lowest BCUT2D eigenvalue weighted by Crippen LogP contribution is -2.28. The number of carbonyl (C=O) groups excluding carboxylic acids is 1. The van der Waals surface area contributed by atoms with Gasteiger partial charge in [0.15, 0.2) is 0 Å². The zero-order chi connectivity index (χ0) is 16.4. The third kappa shape index (κ3) is 3.38. The molecule has 2 heteroatoms. The Morgan fingerprint density at radius 1 is 0.864 bits per heavy atom. The Morgan fingerprint density at radius 2 is 1.50 bits per heavy atom. The van der Waals surface area contributed by atoms with Crippen LogP contribution in [0.4, 0.5) is 0 Å². The van der Waals surface area contributed by atoms with E-state index in [1.54, 1.807) is 0 Å². The van der Waals surface area contributed by atoms with E-state index < -0.39 is 0 Å². The zero-order valence-corrected chi connectivity index (χ0v) is 14.4. The summed E-state index contributed by atoms with van der Waals surface area (Å²) in [6, 6.07) is 10.4. The van der Waals surface area contributed by atoms with Gasteiger partial charge >= 0.3 is 0 Å². The van der Waals surface area contributed by atoms with E-state index >= 15 is 0 Å². The van der Waals surface area contributed by atoms with Crippen molar-refractivity contribution in [1.29, 1.82) is 0 Å². The molecule has 1 unspecified atom stereocenters. The summed E-state index contributed by atoms with van der Waals surface area (Å²) in [6.45, 7) is 12.3. The first kappa shape index (κ1) is 16.3. The Bertz CT molecular complexity index is 716. The largest absolute Gasteiger partial charge is 0.345 e. The molecule has 0 aliphatic rings. The minimum Gasteiger partial charge on any atom is -0.345 e. The second-order valence-corrected chi connectivity index (χ2v) is 6.31. The topological polar surface area (TPSA) is 29.1 Å². The minimum atomic E-state index is -0.00610. The fraction of sp³-hybridized carbons (Fsp3) is 0.350. The van der Waals surface area contributed by atoms with Gasteiger partial charge in [-0.15, -0.1) is 0 Å². The molecule has 0 saturated heterocycles. The lowest BCUT2D eigenvalue weighted by atomic mass is 9.98. The molecule has 0 aromatic heterocycles. The van der Waals surface area contributed by atoms with Gasteiger partial charge in [0, 0.05) is 5.56 Å². The maximum atomic E-state index is 12.6. The van der Waals surface area contributed by atoms with Crippen LogP contribution in [-0.4, -0.2) is 5.91 Å². The van der Waals surface area contributed by atoms with Crippen molar-refractivity contribution in [3.8, 4) is 0 Å². The first-order chi connectivity index (χ1) is 10.3. The van der Waals surface area contributed by atoms with Crippen LogP contribution in [0.3, 0.4) is 0 Å². The van der Waals surface area contributed by atoms with E-state index in [2.05, 4.69) is 50.4 Å². The van der Waals surface area contributed by atoms with Gasteiger partial charge in [-0.2, -0.15) is 0 Å². The molecule has 2 aromatic rings. The summed E-state index contributed by atoms with van der Waals surface area (Å²) in [5, 5.41) is 3.13. The number of hydrogen-bond donors (Lipinski definition) is 1. The molecule has 116 valence electrons. The molecule has 0 fully saturated rings. The summed E-state index contributed by atoms with van der Waals surface area (Å²) >= 11 is 0. The maximum absolute atomic E-state index is 12.6. The fourth-order valence-electron chi connectivity index (χ4n) is 2.78. The molecule has 22 heavy (non-hydrogen) atoms. The van der Waals surface area contributed by atoms with E-state index in [1.165, 1.54) is 22.3 Å². The minimum absolute atomic E-state index is 0.00555. The van der Waals surface area contributed by atoms with Crippen LogP contribution in [0.15, 0.2) is 30.3 Å². The number of hydrogen-bond acceptors (Lipinski definition) is 1. The summed E-state index contributed by atoms with van der Waals surface area (Å²) in [7, 11) is 0. The SMILES string of the molecule is Cc1ccc(C)c(C(C)NC(=O)c2cc(C)c(C)cc2C)c1.